The topological polar surface area (TPSA) is 72.0 Å². The van der Waals surface area contributed by atoms with Crippen molar-refractivity contribution in [2.45, 2.75) is 6.92 Å². The predicted molar refractivity (Wildman–Crippen MR) is 67.2 cm³/mol. The molecule has 18 heavy (non-hydrogen) atoms. The highest BCUT2D eigenvalue weighted by Crippen LogP contribution is 2.24. The highest BCUT2D eigenvalue weighted by molar-refractivity contribution is 7.09. The lowest BCUT2D eigenvalue weighted by Crippen LogP contribution is -1.81. The molecule has 3 rings (SSSR count). The van der Waals surface area contributed by atoms with Crippen LogP contribution in [0.1, 0.15) is 5.01 Å². The highest BCUT2D eigenvalue weighted by Gasteiger charge is 2.13. The fraction of sp³-hybridized carbons (Fsp3) is 0.0833. The van der Waals surface area contributed by atoms with E-state index in [0.717, 1.165) is 5.01 Å². The number of thiazole rings is 1. The Morgan fingerprint density at radius 3 is 2.89 bits per heavy atom. The van der Waals surface area contributed by atoms with Gasteiger partial charge in [-0.3, -0.25) is 0 Å². The summed E-state index contributed by atoms with van der Waals surface area (Å²) in [7, 11) is 0. The van der Waals surface area contributed by atoms with Gasteiger partial charge in [-0.1, -0.05) is 17.3 Å². The van der Waals surface area contributed by atoms with Crippen LogP contribution in [0.3, 0.4) is 0 Å². The van der Waals surface area contributed by atoms with Crippen molar-refractivity contribution in [3.63, 3.8) is 0 Å². The Bertz CT molecular complexity index is 690. The van der Waals surface area contributed by atoms with E-state index in [1.165, 1.54) is 11.3 Å². The maximum atomic E-state index is 9.40. The highest BCUT2D eigenvalue weighted by atomic mass is 32.1. The lowest BCUT2D eigenvalue weighted by Gasteiger charge is -1.94. The molecule has 0 unspecified atom stereocenters. The minimum Gasteiger partial charge on any atom is -0.508 e. The first-order valence-electron chi connectivity index (χ1n) is 5.28. The zero-order valence-electron chi connectivity index (χ0n) is 9.49. The molecular weight excluding hydrogens is 250 g/mol. The van der Waals surface area contributed by atoms with Crippen LogP contribution in [0.2, 0.25) is 0 Å². The molecule has 2 heterocycles. The summed E-state index contributed by atoms with van der Waals surface area (Å²) < 4.78 is 5.16. The minimum absolute atomic E-state index is 0.170. The van der Waals surface area contributed by atoms with Gasteiger partial charge in [0, 0.05) is 10.9 Å². The summed E-state index contributed by atoms with van der Waals surface area (Å²) in [5, 5.41) is 16.1. The first-order chi connectivity index (χ1) is 8.72. The molecule has 0 bridgehead atoms. The van der Waals surface area contributed by atoms with Gasteiger partial charge in [-0.2, -0.15) is 4.98 Å². The van der Waals surface area contributed by atoms with E-state index in [0.29, 0.717) is 23.0 Å². The monoisotopic (exact) mass is 259 g/mol. The van der Waals surface area contributed by atoms with Crippen LogP contribution in [0.15, 0.2) is 34.2 Å². The SMILES string of the molecule is Cc1nc(-c2nc(-c3cccc(O)c3)no2)cs1. The van der Waals surface area contributed by atoms with Gasteiger partial charge >= 0.3 is 0 Å². The molecule has 2 aromatic heterocycles. The molecule has 0 amide bonds. The molecule has 1 aromatic carbocycles. The Balaban J connectivity index is 1.99. The van der Waals surface area contributed by atoms with Crippen LogP contribution in [0.25, 0.3) is 23.0 Å². The van der Waals surface area contributed by atoms with E-state index < -0.39 is 0 Å². The third-order valence-electron chi connectivity index (χ3n) is 2.37. The van der Waals surface area contributed by atoms with Crippen LogP contribution in [-0.2, 0) is 0 Å². The number of nitrogens with zero attached hydrogens (tertiary/aromatic N) is 3. The summed E-state index contributed by atoms with van der Waals surface area (Å²) in [6.45, 7) is 1.92. The molecule has 0 saturated carbocycles. The fourth-order valence-corrected chi connectivity index (χ4v) is 2.14. The summed E-state index contributed by atoms with van der Waals surface area (Å²) >= 11 is 1.53. The van der Waals surface area contributed by atoms with Crippen molar-refractivity contribution in [1.82, 2.24) is 15.1 Å². The number of rotatable bonds is 2. The zero-order chi connectivity index (χ0) is 12.5. The Morgan fingerprint density at radius 2 is 2.17 bits per heavy atom. The van der Waals surface area contributed by atoms with Gasteiger partial charge in [0.15, 0.2) is 0 Å². The van der Waals surface area contributed by atoms with Crippen molar-refractivity contribution >= 4 is 11.3 Å². The second-order valence-corrected chi connectivity index (χ2v) is 4.79. The summed E-state index contributed by atoms with van der Waals surface area (Å²) in [4.78, 5) is 8.54. The van der Waals surface area contributed by atoms with Gasteiger partial charge in [0.1, 0.15) is 11.4 Å². The first-order valence-corrected chi connectivity index (χ1v) is 6.16. The molecule has 0 aliphatic rings. The summed E-state index contributed by atoms with van der Waals surface area (Å²) in [5.41, 5.74) is 1.38. The predicted octanol–water partition coefficient (Wildman–Crippen LogP) is 2.87. The van der Waals surface area contributed by atoms with E-state index in [1.54, 1.807) is 24.3 Å². The van der Waals surface area contributed by atoms with Gasteiger partial charge in [0.25, 0.3) is 5.89 Å². The number of phenolic OH excluding ortho intramolecular Hbond substituents is 1. The molecule has 0 radical (unpaired) electrons. The average Bonchev–Trinajstić information content (AvgIpc) is 2.97. The number of aryl methyl sites for hydroxylation is 1. The molecule has 0 saturated heterocycles. The lowest BCUT2D eigenvalue weighted by atomic mass is 10.2. The largest absolute Gasteiger partial charge is 0.508 e. The van der Waals surface area contributed by atoms with E-state index in [1.807, 2.05) is 12.3 Å². The van der Waals surface area contributed by atoms with Crippen LogP contribution in [-0.4, -0.2) is 20.2 Å². The van der Waals surface area contributed by atoms with Crippen LogP contribution in [0, 0.1) is 6.92 Å². The summed E-state index contributed by atoms with van der Waals surface area (Å²) in [6.07, 6.45) is 0. The van der Waals surface area contributed by atoms with Crippen molar-refractivity contribution in [3.05, 3.63) is 34.7 Å². The number of phenols is 1. The minimum atomic E-state index is 0.170. The maximum absolute atomic E-state index is 9.40. The van der Waals surface area contributed by atoms with E-state index in [2.05, 4.69) is 15.1 Å². The summed E-state index contributed by atoms with van der Waals surface area (Å²) in [5.74, 6) is 0.993. The number of benzene rings is 1. The van der Waals surface area contributed by atoms with Crippen molar-refractivity contribution in [2.24, 2.45) is 0 Å². The van der Waals surface area contributed by atoms with Crippen LogP contribution in [0.4, 0.5) is 0 Å². The first kappa shape index (κ1) is 10.9. The Hall–Kier alpha value is -2.21. The Morgan fingerprint density at radius 1 is 1.28 bits per heavy atom. The van der Waals surface area contributed by atoms with Gasteiger partial charge in [-0.25, -0.2) is 4.98 Å². The second kappa shape index (κ2) is 4.23. The van der Waals surface area contributed by atoms with E-state index >= 15 is 0 Å². The van der Waals surface area contributed by atoms with Gasteiger partial charge in [-0.15, -0.1) is 11.3 Å². The molecular formula is C12H9N3O2S. The van der Waals surface area contributed by atoms with Crippen molar-refractivity contribution in [2.75, 3.05) is 0 Å². The van der Waals surface area contributed by atoms with Crippen LogP contribution in [0.5, 0.6) is 5.75 Å². The van der Waals surface area contributed by atoms with Crippen molar-refractivity contribution in [1.29, 1.82) is 0 Å². The molecule has 3 aromatic rings. The molecule has 6 heteroatoms. The van der Waals surface area contributed by atoms with Gasteiger partial charge in [0.2, 0.25) is 5.82 Å². The van der Waals surface area contributed by atoms with E-state index in [-0.39, 0.29) is 5.75 Å². The zero-order valence-corrected chi connectivity index (χ0v) is 10.3. The van der Waals surface area contributed by atoms with Crippen molar-refractivity contribution in [3.8, 4) is 28.7 Å². The summed E-state index contributed by atoms with van der Waals surface area (Å²) in [6, 6.07) is 6.71. The Kier molecular flexibility index (Phi) is 2.56. The lowest BCUT2D eigenvalue weighted by molar-refractivity contribution is 0.431. The number of aromatic hydroxyl groups is 1. The normalized spacial score (nSPS) is 10.7. The third-order valence-corrected chi connectivity index (χ3v) is 3.14. The van der Waals surface area contributed by atoms with Gasteiger partial charge in [0.05, 0.1) is 5.01 Å². The maximum Gasteiger partial charge on any atom is 0.277 e. The van der Waals surface area contributed by atoms with E-state index in [9.17, 15) is 5.11 Å². The number of aromatic nitrogens is 3. The second-order valence-electron chi connectivity index (χ2n) is 3.73. The van der Waals surface area contributed by atoms with Crippen molar-refractivity contribution < 1.29 is 9.63 Å². The molecule has 0 fully saturated rings. The van der Waals surface area contributed by atoms with Gasteiger partial charge < -0.3 is 9.63 Å². The number of hydrogen-bond acceptors (Lipinski definition) is 6. The third kappa shape index (κ3) is 1.98. The van der Waals surface area contributed by atoms with Gasteiger partial charge in [-0.05, 0) is 19.1 Å². The molecule has 0 aliphatic carbocycles. The Labute approximate surface area is 107 Å². The van der Waals surface area contributed by atoms with E-state index in [4.69, 9.17) is 4.52 Å². The molecule has 90 valence electrons. The fourth-order valence-electron chi connectivity index (χ4n) is 1.55. The standard InChI is InChI=1S/C12H9N3O2S/c1-7-13-10(6-18-7)12-14-11(15-17-12)8-3-2-4-9(16)5-8/h2-6,16H,1H3. The van der Waals surface area contributed by atoms with Crippen LogP contribution >= 0.6 is 11.3 Å². The van der Waals surface area contributed by atoms with Crippen LogP contribution < -0.4 is 0 Å². The molecule has 0 atom stereocenters. The molecule has 0 spiro atoms. The smallest absolute Gasteiger partial charge is 0.277 e. The molecule has 5 nitrogen and oxygen atoms in total. The number of hydrogen-bond donors (Lipinski definition) is 1. The molecule has 1 N–H and O–H groups in total. The molecule has 0 aliphatic heterocycles. The quantitative estimate of drug-likeness (QED) is 0.766. The average molecular weight is 259 g/mol.